The summed E-state index contributed by atoms with van der Waals surface area (Å²) in [5, 5.41) is 8.78. The maximum absolute atomic E-state index is 11.7. The van der Waals surface area contributed by atoms with Gasteiger partial charge in [-0.05, 0) is 12.8 Å². The Labute approximate surface area is 95.7 Å². The SMILES string of the molecule is O=C(O)c1c[nH]c(=O)n(CC2CCCO2)c1=O. The fourth-order valence-electron chi connectivity index (χ4n) is 1.82. The lowest BCUT2D eigenvalue weighted by Crippen LogP contribution is -2.40. The Bertz CT molecular complexity index is 538. The van der Waals surface area contributed by atoms with Crippen molar-refractivity contribution in [3.63, 3.8) is 0 Å². The van der Waals surface area contributed by atoms with Gasteiger partial charge in [-0.25, -0.2) is 9.59 Å². The number of nitrogens with zero attached hydrogens (tertiary/aromatic N) is 1. The summed E-state index contributed by atoms with van der Waals surface area (Å²) in [6, 6.07) is 0. The molecular weight excluding hydrogens is 228 g/mol. The monoisotopic (exact) mass is 240 g/mol. The van der Waals surface area contributed by atoms with Crippen LogP contribution in [-0.4, -0.2) is 33.3 Å². The average Bonchev–Trinajstić information content (AvgIpc) is 2.76. The summed E-state index contributed by atoms with van der Waals surface area (Å²) in [7, 11) is 0. The van der Waals surface area contributed by atoms with Gasteiger partial charge in [-0.3, -0.25) is 9.36 Å². The molecule has 17 heavy (non-hydrogen) atoms. The number of hydrogen-bond acceptors (Lipinski definition) is 4. The highest BCUT2D eigenvalue weighted by Crippen LogP contribution is 2.12. The van der Waals surface area contributed by atoms with Crippen LogP contribution in [0, 0.1) is 0 Å². The van der Waals surface area contributed by atoms with Crippen molar-refractivity contribution in [3.05, 3.63) is 32.6 Å². The number of rotatable bonds is 3. The predicted octanol–water partition coefficient (Wildman–Crippen LogP) is -0.586. The molecule has 0 saturated carbocycles. The van der Waals surface area contributed by atoms with Crippen LogP contribution in [0.3, 0.4) is 0 Å². The molecule has 0 aliphatic carbocycles. The van der Waals surface area contributed by atoms with Gasteiger partial charge >= 0.3 is 11.7 Å². The van der Waals surface area contributed by atoms with Crippen molar-refractivity contribution in [1.82, 2.24) is 9.55 Å². The van der Waals surface area contributed by atoms with Gasteiger partial charge in [-0.2, -0.15) is 0 Å². The van der Waals surface area contributed by atoms with E-state index in [4.69, 9.17) is 9.84 Å². The van der Waals surface area contributed by atoms with Crippen molar-refractivity contribution in [2.45, 2.75) is 25.5 Å². The van der Waals surface area contributed by atoms with Crippen LogP contribution in [0.5, 0.6) is 0 Å². The highest BCUT2D eigenvalue weighted by atomic mass is 16.5. The smallest absolute Gasteiger partial charge is 0.342 e. The van der Waals surface area contributed by atoms with E-state index in [-0.39, 0.29) is 12.6 Å². The third kappa shape index (κ3) is 2.28. The molecule has 1 aromatic heterocycles. The minimum atomic E-state index is -1.35. The van der Waals surface area contributed by atoms with Crippen LogP contribution >= 0.6 is 0 Å². The number of carboxylic acids is 1. The number of aromatic carboxylic acids is 1. The van der Waals surface area contributed by atoms with Crippen LogP contribution in [0.2, 0.25) is 0 Å². The molecule has 0 radical (unpaired) electrons. The largest absolute Gasteiger partial charge is 0.477 e. The maximum Gasteiger partial charge on any atom is 0.342 e. The fourth-order valence-corrected chi connectivity index (χ4v) is 1.82. The summed E-state index contributed by atoms with van der Waals surface area (Å²) in [5.74, 6) is -1.35. The van der Waals surface area contributed by atoms with Crippen LogP contribution < -0.4 is 11.2 Å². The van der Waals surface area contributed by atoms with E-state index >= 15 is 0 Å². The lowest BCUT2D eigenvalue weighted by molar-refractivity contribution is 0.0690. The summed E-state index contributed by atoms with van der Waals surface area (Å²) < 4.78 is 6.18. The first kappa shape index (κ1) is 11.6. The van der Waals surface area contributed by atoms with Crippen LogP contribution in [-0.2, 0) is 11.3 Å². The molecule has 1 saturated heterocycles. The summed E-state index contributed by atoms with van der Waals surface area (Å²) in [6.07, 6.45) is 2.37. The summed E-state index contributed by atoms with van der Waals surface area (Å²) in [4.78, 5) is 36.2. The van der Waals surface area contributed by atoms with Gasteiger partial charge in [0.1, 0.15) is 5.56 Å². The third-order valence-corrected chi connectivity index (χ3v) is 2.70. The van der Waals surface area contributed by atoms with Crippen LogP contribution in [0.1, 0.15) is 23.2 Å². The van der Waals surface area contributed by atoms with Crippen molar-refractivity contribution < 1.29 is 14.6 Å². The number of hydrogen-bond donors (Lipinski definition) is 2. The predicted molar refractivity (Wildman–Crippen MR) is 57.3 cm³/mol. The van der Waals surface area contributed by atoms with Crippen molar-refractivity contribution in [1.29, 1.82) is 0 Å². The molecular formula is C10H12N2O5. The molecule has 2 rings (SSSR count). The van der Waals surface area contributed by atoms with E-state index in [1.807, 2.05) is 0 Å². The fraction of sp³-hybridized carbons (Fsp3) is 0.500. The van der Waals surface area contributed by atoms with Crippen LogP contribution in [0.4, 0.5) is 0 Å². The Kier molecular flexibility index (Phi) is 3.10. The van der Waals surface area contributed by atoms with Gasteiger partial charge in [-0.1, -0.05) is 0 Å². The van der Waals surface area contributed by atoms with Gasteiger partial charge in [-0.15, -0.1) is 0 Å². The molecule has 0 spiro atoms. The van der Waals surface area contributed by atoms with E-state index in [0.717, 1.165) is 23.6 Å². The van der Waals surface area contributed by atoms with Gasteiger partial charge < -0.3 is 14.8 Å². The van der Waals surface area contributed by atoms with E-state index in [1.165, 1.54) is 0 Å². The van der Waals surface area contributed by atoms with E-state index in [1.54, 1.807) is 0 Å². The van der Waals surface area contributed by atoms with Crippen molar-refractivity contribution in [2.75, 3.05) is 6.61 Å². The molecule has 1 aliphatic heterocycles. The standard InChI is InChI=1S/C10H12N2O5/c13-8-7(9(14)15)4-11-10(16)12(8)5-6-2-1-3-17-6/h4,6H,1-3,5H2,(H,11,16)(H,14,15). The number of aromatic nitrogens is 2. The lowest BCUT2D eigenvalue weighted by atomic mass is 10.2. The van der Waals surface area contributed by atoms with E-state index in [0.29, 0.717) is 6.61 Å². The van der Waals surface area contributed by atoms with E-state index in [2.05, 4.69) is 4.98 Å². The maximum atomic E-state index is 11.7. The molecule has 1 aromatic rings. The van der Waals surface area contributed by atoms with Gasteiger partial charge in [0, 0.05) is 12.8 Å². The van der Waals surface area contributed by atoms with Crippen LogP contribution in [0.15, 0.2) is 15.8 Å². The van der Waals surface area contributed by atoms with Crippen molar-refractivity contribution in [3.8, 4) is 0 Å². The zero-order valence-electron chi connectivity index (χ0n) is 9.01. The molecule has 7 nitrogen and oxygen atoms in total. The van der Waals surface area contributed by atoms with Gasteiger partial charge in [0.15, 0.2) is 0 Å². The Morgan fingerprint density at radius 1 is 1.59 bits per heavy atom. The highest BCUT2D eigenvalue weighted by Gasteiger charge is 2.20. The summed E-state index contributed by atoms with van der Waals surface area (Å²) in [5.41, 5.74) is -1.85. The van der Waals surface area contributed by atoms with Gasteiger partial charge in [0.2, 0.25) is 0 Å². The number of H-pyrrole nitrogens is 1. The average molecular weight is 240 g/mol. The Morgan fingerprint density at radius 3 is 2.94 bits per heavy atom. The number of nitrogens with one attached hydrogen (secondary N) is 1. The zero-order chi connectivity index (χ0) is 12.4. The van der Waals surface area contributed by atoms with E-state index in [9.17, 15) is 14.4 Å². The zero-order valence-corrected chi connectivity index (χ0v) is 9.01. The van der Waals surface area contributed by atoms with Crippen molar-refractivity contribution in [2.24, 2.45) is 0 Å². The quantitative estimate of drug-likeness (QED) is 0.735. The third-order valence-electron chi connectivity index (χ3n) is 2.70. The normalized spacial score (nSPS) is 19.4. The summed E-state index contributed by atoms with van der Waals surface area (Å²) in [6.45, 7) is 0.700. The molecule has 2 heterocycles. The summed E-state index contributed by atoms with van der Waals surface area (Å²) >= 11 is 0. The number of carbonyl (C=O) groups is 1. The number of ether oxygens (including phenoxy) is 1. The Balaban J connectivity index is 2.38. The molecule has 1 fully saturated rings. The second kappa shape index (κ2) is 4.54. The Hall–Kier alpha value is -1.89. The molecule has 1 unspecified atom stereocenters. The van der Waals surface area contributed by atoms with Gasteiger partial charge in [0.05, 0.1) is 12.6 Å². The second-order valence-electron chi connectivity index (χ2n) is 3.86. The van der Waals surface area contributed by atoms with E-state index < -0.39 is 22.8 Å². The molecule has 0 aromatic carbocycles. The van der Waals surface area contributed by atoms with Gasteiger partial charge in [0.25, 0.3) is 5.56 Å². The lowest BCUT2D eigenvalue weighted by Gasteiger charge is -2.10. The Morgan fingerprint density at radius 2 is 2.35 bits per heavy atom. The minimum Gasteiger partial charge on any atom is -0.477 e. The number of aromatic amines is 1. The molecule has 1 atom stereocenters. The highest BCUT2D eigenvalue weighted by molar-refractivity contribution is 5.86. The topological polar surface area (TPSA) is 101 Å². The minimum absolute atomic E-state index is 0.0925. The first-order chi connectivity index (χ1) is 8.09. The molecule has 2 N–H and O–H groups in total. The first-order valence-corrected chi connectivity index (χ1v) is 5.27. The van der Waals surface area contributed by atoms with Crippen LogP contribution in [0.25, 0.3) is 0 Å². The van der Waals surface area contributed by atoms with Crippen molar-refractivity contribution >= 4 is 5.97 Å². The molecule has 92 valence electrons. The first-order valence-electron chi connectivity index (χ1n) is 5.27. The second-order valence-corrected chi connectivity index (χ2v) is 3.86. The molecule has 0 amide bonds. The molecule has 7 heteroatoms. The molecule has 1 aliphatic rings. The molecule has 0 bridgehead atoms. The number of carboxylic acid groups (broad SMARTS) is 1.